The van der Waals surface area contributed by atoms with Gasteiger partial charge in [0.05, 0.1) is 6.17 Å². The van der Waals surface area contributed by atoms with Crippen molar-refractivity contribution in [2.24, 2.45) is 0 Å². The van der Waals surface area contributed by atoms with Gasteiger partial charge in [-0.05, 0) is 37.2 Å². The summed E-state index contributed by atoms with van der Waals surface area (Å²) in [5.74, 6) is 0.894. The molecule has 2 aliphatic heterocycles. The van der Waals surface area contributed by atoms with Gasteiger partial charge in [0.15, 0.2) is 6.79 Å². The molecule has 0 aromatic heterocycles. The van der Waals surface area contributed by atoms with Crippen LogP contribution in [0.4, 0.5) is 5.69 Å². The highest BCUT2D eigenvalue weighted by Crippen LogP contribution is 2.51. The third kappa shape index (κ3) is 1.74. The maximum Gasteiger partial charge on any atom is 0.188 e. The second-order valence-electron chi connectivity index (χ2n) is 5.86. The summed E-state index contributed by atoms with van der Waals surface area (Å²) < 4.78 is 10.6. The Morgan fingerprint density at radius 2 is 2.16 bits per heavy atom. The molecule has 0 spiro atoms. The molecule has 2 heterocycles. The van der Waals surface area contributed by atoms with Crippen molar-refractivity contribution in [3.8, 4) is 5.75 Å². The van der Waals surface area contributed by atoms with Gasteiger partial charge in [-0.3, -0.25) is 4.90 Å². The lowest BCUT2D eigenvalue weighted by atomic mass is 9.81. The van der Waals surface area contributed by atoms with Crippen molar-refractivity contribution in [1.82, 2.24) is 4.90 Å². The summed E-state index contributed by atoms with van der Waals surface area (Å²) in [4.78, 5) is 4.83. The normalized spacial score (nSPS) is 29.5. The monoisotopic (exact) mass is 262 g/mol. The maximum atomic E-state index is 5.58. The molecule has 2 aliphatic rings. The predicted octanol–water partition coefficient (Wildman–Crippen LogP) is 2.04. The van der Waals surface area contributed by atoms with E-state index >= 15 is 0 Å². The first-order valence-corrected chi connectivity index (χ1v) is 6.77. The van der Waals surface area contributed by atoms with Crippen molar-refractivity contribution in [2.45, 2.75) is 24.9 Å². The van der Waals surface area contributed by atoms with E-state index in [2.05, 4.69) is 43.0 Å². The quantitative estimate of drug-likeness (QED) is 0.778. The molecule has 0 aliphatic carbocycles. The topological polar surface area (TPSA) is 24.9 Å². The molecule has 19 heavy (non-hydrogen) atoms. The molecule has 0 bridgehead atoms. The first-order valence-electron chi connectivity index (χ1n) is 6.77. The molecule has 1 aromatic carbocycles. The minimum Gasteiger partial charge on any atom is -0.468 e. The molecule has 4 nitrogen and oxygen atoms in total. The Morgan fingerprint density at radius 3 is 2.89 bits per heavy atom. The van der Waals surface area contributed by atoms with Gasteiger partial charge in [-0.25, -0.2) is 0 Å². The maximum absolute atomic E-state index is 5.58. The number of likely N-dealkylation sites (tertiary alicyclic amines) is 1. The summed E-state index contributed by atoms with van der Waals surface area (Å²) in [6, 6.07) is 6.38. The third-order valence-corrected chi connectivity index (χ3v) is 4.64. The lowest BCUT2D eigenvalue weighted by Crippen LogP contribution is -2.45. The van der Waals surface area contributed by atoms with E-state index in [1.807, 2.05) is 6.07 Å². The van der Waals surface area contributed by atoms with Gasteiger partial charge >= 0.3 is 0 Å². The molecule has 0 radical (unpaired) electrons. The fraction of sp³-hybridized carbons (Fsp3) is 0.600. The lowest BCUT2D eigenvalue weighted by Gasteiger charge is -2.32. The van der Waals surface area contributed by atoms with E-state index in [0.29, 0.717) is 13.0 Å². The van der Waals surface area contributed by atoms with Crippen molar-refractivity contribution in [3.63, 3.8) is 0 Å². The zero-order valence-corrected chi connectivity index (χ0v) is 12.1. The summed E-state index contributed by atoms with van der Waals surface area (Å²) in [5.41, 5.74) is 2.92. The van der Waals surface area contributed by atoms with Gasteiger partial charge in [-0.15, -0.1) is 0 Å². The molecule has 104 valence electrons. The van der Waals surface area contributed by atoms with Crippen LogP contribution in [0.5, 0.6) is 5.75 Å². The summed E-state index contributed by atoms with van der Waals surface area (Å²) in [6.07, 6.45) is 1.65. The molecule has 0 amide bonds. The molecule has 4 heteroatoms. The van der Waals surface area contributed by atoms with Crippen LogP contribution in [-0.2, 0) is 10.2 Å². The fourth-order valence-corrected chi connectivity index (χ4v) is 3.77. The van der Waals surface area contributed by atoms with E-state index in [9.17, 15) is 0 Å². The number of methoxy groups -OCH3 is 1. The minimum absolute atomic E-state index is 0.200. The second kappa shape index (κ2) is 4.39. The van der Waals surface area contributed by atoms with E-state index in [1.54, 1.807) is 7.11 Å². The number of benzene rings is 1. The Balaban J connectivity index is 1.99. The van der Waals surface area contributed by atoms with Crippen LogP contribution in [0.25, 0.3) is 0 Å². The van der Waals surface area contributed by atoms with E-state index in [-0.39, 0.29) is 5.41 Å². The average Bonchev–Trinajstić information content (AvgIpc) is 2.82. The first kappa shape index (κ1) is 12.8. The second-order valence-corrected chi connectivity index (χ2v) is 5.86. The van der Waals surface area contributed by atoms with Crippen molar-refractivity contribution < 1.29 is 9.47 Å². The number of likely N-dealkylation sites (N-methyl/N-ethyl adjacent to an activating group) is 2. The Morgan fingerprint density at radius 1 is 1.37 bits per heavy atom. The van der Waals surface area contributed by atoms with Crippen LogP contribution in [0.3, 0.4) is 0 Å². The summed E-state index contributed by atoms with van der Waals surface area (Å²) in [7, 11) is 6.04. The SMILES string of the molecule is COCOc1ccc2c(c1)[C@]1(C)CCN(C)C1N2C. The number of ether oxygens (including phenoxy) is 2. The summed E-state index contributed by atoms with van der Waals surface area (Å²) in [5, 5.41) is 0. The highest BCUT2D eigenvalue weighted by Gasteiger charge is 2.52. The highest BCUT2D eigenvalue weighted by molar-refractivity contribution is 5.66. The molecule has 1 fully saturated rings. The standard InChI is InChI=1S/C15H22N2O2/c1-15-7-8-16(2)14(15)17(3)13-6-5-11(9-12(13)15)19-10-18-4/h5-6,9,14H,7-8,10H2,1-4H3/t14?,15-/m0/s1. The number of hydrogen-bond donors (Lipinski definition) is 0. The van der Waals surface area contributed by atoms with Gasteiger partial charge in [0, 0.05) is 31.8 Å². The van der Waals surface area contributed by atoms with Gasteiger partial charge < -0.3 is 14.4 Å². The van der Waals surface area contributed by atoms with Crippen molar-refractivity contribution in [2.75, 3.05) is 39.4 Å². The molecule has 0 saturated carbocycles. The Bertz CT molecular complexity index is 491. The number of anilines is 1. The van der Waals surface area contributed by atoms with Gasteiger partial charge in [-0.2, -0.15) is 0 Å². The van der Waals surface area contributed by atoms with E-state index in [0.717, 1.165) is 12.3 Å². The molecular formula is C15H22N2O2. The van der Waals surface area contributed by atoms with E-state index in [4.69, 9.17) is 9.47 Å². The predicted molar refractivity (Wildman–Crippen MR) is 75.7 cm³/mol. The third-order valence-electron chi connectivity index (χ3n) is 4.64. The van der Waals surface area contributed by atoms with Crippen LogP contribution < -0.4 is 9.64 Å². The Labute approximate surface area is 114 Å². The number of rotatable bonds is 3. The van der Waals surface area contributed by atoms with Crippen molar-refractivity contribution in [3.05, 3.63) is 23.8 Å². The molecule has 1 saturated heterocycles. The number of hydrogen-bond acceptors (Lipinski definition) is 4. The van der Waals surface area contributed by atoms with Gasteiger partial charge in [0.2, 0.25) is 0 Å². The zero-order chi connectivity index (χ0) is 13.6. The van der Waals surface area contributed by atoms with E-state index < -0.39 is 0 Å². The van der Waals surface area contributed by atoms with Crippen LogP contribution >= 0.6 is 0 Å². The highest BCUT2D eigenvalue weighted by atomic mass is 16.7. The molecular weight excluding hydrogens is 240 g/mol. The zero-order valence-electron chi connectivity index (χ0n) is 12.1. The van der Waals surface area contributed by atoms with Gasteiger partial charge in [0.25, 0.3) is 0 Å². The smallest absolute Gasteiger partial charge is 0.188 e. The number of nitrogens with zero attached hydrogens (tertiary/aromatic N) is 2. The van der Waals surface area contributed by atoms with Gasteiger partial charge in [-0.1, -0.05) is 6.92 Å². The average molecular weight is 262 g/mol. The first-order chi connectivity index (χ1) is 9.08. The molecule has 0 N–H and O–H groups in total. The number of fused-ring (bicyclic) bond motifs is 3. The largest absolute Gasteiger partial charge is 0.468 e. The molecule has 1 unspecified atom stereocenters. The molecule has 1 aromatic rings. The van der Waals surface area contributed by atoms with Crippen LogP contribution in [0.2, 0.25) is 0 Å². The van der Waals surface area contributed by atoms with Gasteiger partial charge in [0.1, 0.15) is 5.75 Å². The van der Waals surface area contributed by atoms with Crippen LogP contribution in [0.1, 0.15) is 18.9 Å². The fourth-order valence-electron chi connectivity index (χ4n) is 3.77. The van der Waals surface area contributed by atoms with Crippen LogP contribution in [0, 0.1) is 0 Å². The van der Waals surface area contributed by atoms with Crippen LogP contribution in [0.15, 0.2) is 18.2 Å². The van der Waals surface area contributed by atoms with E-state index in [1.165, 1.54) is 17.7 Å². The Kier molecular flexibility index (Phi) is 2.95. The molecule has 2 atom stereocenters. The lowest BCUT2D eigenvalue weighted by molar-refractivity contribution is 0.0510. The minimum atomic E-state index is 0.200. The summed E-state index contributed by atoms with van der Waals surface area (Å²) >= 11 is 0. The summed E-state index contributed by atoms with van der Waals surface area (Å²) in [6.45, 7) is 3.81. The van der Waals surface area contributed by atoms with Crippen molar-refractivity contribution >= 4 is 5.69 Å². The Hall–Kier alpha value is -1.26. The van der Waals surface area contributed by atoms with Crippen molar-refractivity contribution in [1.29, 1.82) is 0 Å². The molecule has 3 rings (SSSR count). The van der Waals surface area contributed by atoms with Crippen LogP contribution in [-0.4, -0.2) is 45.6 Å².